The predicted octanol–water partition coefficient (Wildman–Crippen LogP) is 4.53. The van der Waals surface area contributed by atoms with Crippen molar-refractivity contribution in [3.8, 4) is 5.75 Å². The minimum Gasteiger partial charge on any atom is -0.507 e. The van der Waals surface area contributed by atoms with Gasteiger partial charge in [0.05, 0.1) is 24.3 Å². The van der Waals surface area contributed by atoms with Gasteiger partial charge in [0, 0.05) is 37.5 Å². The highest BCUT2D eigenvalue weighted by atomic mass is 16.5. The van der Waals surface area contributed by atoms with Crippen LogP contribution in [0.4, 0.5) is 5.69 Å². The quantitative estimate of drug-likeness (QED) is 0.324. The van der Waals surface area contributed by atoms with Gasteiger partial charge in [-0.3, -0.25) is 9.59 Å². The number of likely N-dealkylation sites (tertiary alicyclic amines) is 1. The average molecular weight is 479 g/mol. The third kappa shape index (κ3) is 5.05. The van der Waals surface area contributed by atoms with Crippen LogP contribution in [0.25, 0.3) is 5.76 Å². The summed E-state index contributed by atoms with van der Waals surface area (Å²) in [5, 5.41) is 11.3. The third-order valence-electron chi connectivity index (χ3n) is 6.72. The number of ether oxygens (including phenoxy) is 2. The Hall–Kier alpha value is -3.32. The fraction of sp³-hybridized carbons (Fsp3) is 0.429. The van der Waals surface area contributed by atoms with Gasteiger partial charge in [-0.15, -0.1) is 0 Å². The van der Waals surface area contributed by atoms with E-state index in [9.17, 15) is 14.7 Å². The molecule has 0 bridgehead atoms. The number of hydrogen-bond acceptors (Lipinski definition) is 6. The molecule has 2 fully saturated rings. The minimum absolute atomic E-state index is 0.0947. The van der Waals surface area contributed by atoms with E-state index in [0.29, 0.717) is 31.1 Å². The van der Waals surface area contributed by atoms with Crippen LogP contribution in [-0.2, 0) is 14.3 Å². The van der Waals surface area contributed by atoms with Crippen molar-refractivity contribution in [2.45, 2.75) is 45.8 Å². The zero-order valence-electron chi connectivity index (χ0n) is 20.7. The first-order valence-electron chi connectivity index (χ1n) is 12.5. The molecule has 0 radical (unpaired) electrons. The molecule has 186 valence electrons. The maximum absolute atomic E-state index is 13.3. The third-order valence-corrected chi connectivity index (χ3v) is 6.72. The molecule has 1 amide bonds. The first-order chi connectivity index (χ1) is 17.0. The number of amides is 1. The van der Waals surface area contributed by atoms with Crippen LogP contribution in [0.5, 0.6) is 5.75 Å². The Morgan fingerprint density at radius 3 is 2.49 bits per heavy atom. The molecule has 4 rings (SSSR count). The maximum Gasteiger partial charge on any atom is 0.295 e. The molecular weight excluding hydrogens is 444 g/mol. The summed E-state index contributed by atoms with van der Waals surface area (Å²) in [7, 11) is 0. The van der Waals surface area contributed by atoms with E-state index in [1.54, 1.807) is 29.2 Å². The summed E-state index contributed by atoms with van der Waals surface area (Å²) in [5.74, 6) is -0.899. The fourth-order valence-corrected chi connectivity index (χ4v) is 4.93. The highest BCUT2D eigenvalue weighted by molar-refractivity contribution is 6.46. The van der Waals surface area contributed by atoms with Gasteiger partial charge in [-0.1, -0.05) is 24.3 Å². The second kappa shape index (κ2) is 11.0. The van der Waals surface area contributed by atoms with Crippen molar-refractivity contribution in [1.82, 2.24) is 4.90 Å². The summed E-state index contributed by atoms with van der Waals surface area (Å²) < 4.78 is 11.3. The Labute approximate surface area is 206 Å². The number of rotatable bonds is 9. The van der Waals surface area contributed by atoms with Crippen LogP contribution in [0, 0.1) is 0 Å². The summed E-state index contributed by atoms with van der Waals surface area (Å²) >= 11 is 0. The van der Waals surface area contributed by atoms with Gasteiger partial charge >= 0.3 is 0 Å². The van der Waals surface area contributed by atoms with Crippen LogP contribution in [0.2, 0.25) is 0 Å². The van der Waals surface area contributed by atoms with Gasteiger partial charge in [0.15, 0.2) is 0 Å². The molecule has 7 heteroatoms. The Bertz CT molecular complexity index is 1080. The lowest BCUT2D eigenvalue weighted by atomic mass is 9.94. The largest absolute Gasteiger partial charge is 0.507 e. The second-order valence-corrected chi connectivity index (χ2v) is 8.81. The van der Waals surface area contributed by atoms with Gasteiger partial charge in [0.25, 0.3) is 11.7 Å². The molecule has 35 heavy (non-hydrogen) atoms. The van der Waals surface area contributed by atoms with Crippen LogP contribution in [0.3, 0.4) is 0 Å². The molecule has 2 aromatic rings. The van der Waals surface area contributed by atoms with Gasteiger partial charge < -0.3 is 24.4 Å². The lowest BCUT2D eigenvalue weighted by Gasteiger charge is -2.28. The van der Waals surface area contributed by atoms with Crippen LogP contribution < -0.4 is 9.64 Å². The van der Waals surface area contributed by atoms with E-state index in [0.717, 1.165) is 37.2 Å². The lowest BCUT2D eigenvalue weighted by Crippen LogP contribution is -2.36. The van der Waals surface area contributed by atoms with Crippen LogP contribution in [0.15, 0.2) is 54.1 Å². The number of aliphatic hydroxyl groups excluding tert-OH is 1. The molecule has 0 aromatic heterocycles. The number of hydrogen-bond donors (Lipinski definition) is 1. The van der Waals surface area contributed by atoms with Crippen LogP contribution in [0.1, 0.15) is 50.8 Å². The van der Waals surface area contributed by atoms with Crippen molar-refractivity contribution in [1.29, 1.82) is 0 Å². The van der Waals surface area contributed by atoms with Gasteiger partial charge in [-0.2, -0.15) is 0 Å². The molecule has 0 aliphatic carbocycles. The number of Topliss-reactive ketones (excluding diaryl/α,β-unsaturated/α-hetero) is 1. The molecular formula is C28H34N2O5. The molecule has 2 heterocycles. The average Bonchev–Trinajstić information content (AvgIpc) is 3.48. The molecule has 2 unspecified atom stereocenters. The van der Waals surface area contributed by atoms with Crippen molar-refractivity contribution < 1.29 is 24.2 Å². The SMILES string of the molecule is CCOc1cccc(/C(O)=C2/C(=O)C(=O)N(CC3CCCO3)C2c2ccc(N(CC)CC)cc2)c1. The van der Waals surface area contributed by atoms with E-state index in [4.69, 9.17) is 9.47 Å². The van der Waals surface area contributed by atoms with Crippen LogP contribution >= 0.6 is 0 Å². The molecule has 0 saturated carbocycles. The van der Waals surface area contributed by atoms with Crippen molar-refractivity contribution in [3.05, 3.63) is 65.2 Å². The number of carbonyl (C=O) groups is 2. The fourth-order valence-electron chi connectivity index (χ4n) is 4.93. The molecule has 2 aliphatic rings. The molecule has 1 N–H and O–H groups in total. The van der Waals surface area contributed by atoms with Crippen molar-refractivity contribution in [2.24, 2.45) is 0 Å². The minimum atomic E-state index is -0.694. The zero-order valence-corrected chi connectivity index (χ0v) is 20.7. The van der Waals surface area contributed by atoms with E-state index < -0.39 is 17.7 Å². The van der Waals surface area contributed by atoms with Gasteiger partial charge in [-0.05, 0) is 63.4 Å². The number of ketones is 1. The van der Waals surface area contributed by atoms with E-state index in [1.807, 2.05) is 31.2 Å². The van der Waals surface area contributed by atoms with E-state index in [1.165, 1.54) is 0 Å². The molecule has 7 nitrogen and oxygen atoms in total. The zero-order chi connectivity index (χ0) is 24.9. The van der Waals surface area contributed by atoms with Crippen LogP contribution in [-0.4, -0.2) is 60.6 Å². The number of anilines is 1. The van der Waals surface area contributed by atoms with E-state index in [-0.39, 0.29) is 17.4 Å². The summed E-state index contributed by atoms with van der Waals surface area (Å²) in [6, 6.07) is 14.1. The van der Waals surface area contributed by atoms with Gasteiger partial charge in [-0.25, -0.2) is 0 Å². The standard InChI is InChI=1S/C28H34N2O5/c1-4-29(5-2)21-14-12-19(13-15-21)25-24(26(31)20-9-7-10-22(17-20)34-6-3)27(32)28(33)30(25)18-23-11-8-16-35-23/h7,9-10,12-15,17,23,25,31H,4-6,8,11,16,18H2,1-3H3/b26-24-. The molecule has 2 atom stereocenters. The number of carbonyl (C=O) groups excluding carboxylic acids is 2. The second-order valence-electron chi connectivity index (χ2n) is 8.81. The maximum atomic E-state index is 13.3. The summed E-state index contributed by atoms with van der Waals surface area (Å²) in [6.45, 7) is 9.28. The summed E-state index contributed by atoms with van der Waals surface area (Å²) in [4.78, 5) is 30.3. The number of aliphatic hydroxyl groups is 1. The Balaban J connectivity index is 1.79. The first kappa shape index (κ1) is 24.8. The molecule has 0 spiro atoms. The normalized spacial score (nSPS) is 21.5. The molecule has 2 aliphatic heterocycles. The molecule has 2 aromatic carbocycles. The smallest absolute Gasteiger partial charge is 0.295 e. The number of benzene rings is 2. The van der Waals surface area contributed by atoms with Crippen molar-refractivity contribution in [3.63, 3.8) is 0 Å². The van der Waals surface area contributed by atoms with Crippen molar-refractivity contribution in [2.75, 3.05) is 37.7 Å². The highest BCUT2D eigenvalue weighted by Crippen LogP contribution is 2.40. The summed E-state index contributed by atoms with van der Waals surface area (Å²) in [6.07, 6.45) is 1.65. The Morgan fingerprint density at radius 2 is 1.86 bits per heavy atom. The summed E-state index contributed by atoms with van der Waals surface area (Å²) in [5.41, 5.74) is 2.38. The Kier molecular flexibility index (Phi) is 7.76. The highest BCUT2D eigenvalue weighted by Gasteiger charge is 2.47. The van der Waals surface area contributed by atoms with Gasteiger partial charge in [0.2, 0.25) is 0 Å². The van der Waals surface area contributed by atoms with Gasteiger partial charge in [0.1, 0.15) is 11.5 Å². The Morgan fingerprint density at radius 1 is 1.11 bits per heavy atom. The van der Waals surface area contributed by atoms with E-state index >= 15 is 0 Å². The lowest BCUT2D eigenvalue weighted by molar-refractivity contribution is -0.140. The van der Waals surface area contributed by atoms with E-state index in [2.05, 4.69) is 18.7 Å². The first-order valence-corrected chi connectivity index (χ1v) is 12.5. The predicted molar refractivity (Wildman–Crippen MR) is 136 cm³/mol. The topological polar surface area (TPSA) is 79.3 Å². The number of nitrogens with zero attached hydrogens (tertiary/aromatic N) is 2. The van der Waals surface area contributed by atoms with Crippen molar-refractivity contribution >= 4 is 23.1 Å². The molecule has 2 saturated heterocycles. The monoisotopic (exact) mass is 478 g/mol.